The van der Waals surface area contributed by atoms with Gasteiger partial charge in [-0.25, -0.2) is 0 Å². The second-order valence-corrected chi connectivity index (χ2v) is 4.47. The maximum absolute atomic E-state index is 5.72. The van der Waals surface area contributed by atoms with Gasteiger partial charge in [0.05, 0.1) is 6.61 Å². The van der Waals surface area contributed by atoms with Crippen LogP contribution in [-0.2, 0) is 6.54 Å². The maximum Gasteiger partial charge on any atom is 0.123 e. The highest BCUT2D eigenvalue weighted by molar-refractivity contribution is 7.98. The minimum atomic E-state index is 0.779. The lowest BCUT2D eigenvalue weighted by Crippen LogP contribution is -2.09. The molecule has 0 aliphatic rings. The van der Waals surface area contributed by atoms with E-state index in [-0.39, 0.29) is 0 Å². The molecule has 0 aliphatic heterocycles. The first-order chi connectivity index (χ1) is 7.27. The molecule has 0 spiro atoms. The molecule has 0 saturated carbocycles. The largest absolute Gasteiger partial charge is 0.492 e. The van der Waals surface area contributed by atoms with Gasteiger partial charge < -0.3 is 10.1 Å². The number of benzene rings is 1. The highest BCUT2D eigenvalue weighted by atomic mass is 32.2. The lowest BCUT2D eigenvalue weighted by atomic mass is 10.1. The molecule has 0 aliphatic carbocycles. The van der Waals surface area contributed by atoms with Crippen LogP contribution in [0, 0.1) is 6.92 Å². The normalized spacial score (nSPS) is 10.3. The van der Waals surface area contributed by atoms with Crippen molar-refractivity contribution in [2.45, 2.75) is 13.5 Å². The van der Waals surface area contributed by atoms with E-state index < -0.39 is 0 Å². The Bertz CT molecular complexity index is 302. The van der Waals surface area contributed by atoms with Crippen LogP contribution in [-0.4, -0.2) is 25.7 Å². The highest BCUT2D eigenvalue weighted by Gasteiger charge is 2.02. The molecule has 1 rings (SSSR count). The highest BCUT2D eigenvalue weighted by Crippen LogP contribution is 2.20. The van der Waals surface area contributed by atoms with Crippen molar-refractivity contribution in [3.8, 4) is 5.75 Å². The number of hydrogen-bond acceptors (Lipinski definition) is 3. The smallest absolute Gasteiger partial charge is 0.123 e. The molecular formula is C12H19NOS. The van der Waals surface area contributed by atoms with Gasteiger partial charge in [0, 0.05) is 17.9 Å². The van der Waals surface area contributed by atoms with Crippen molar-refractivity contribution in [3.05, 3.63) is 29.3 Å². The Balaban J connectivity index is 2.67. The van der Waals surface area contributed by atoms with Gasteiger partial charge in [-0.2, -0.15) is 11.8 Å². The molecule has 0 atom stereocenters. The lowest BCUT2D eigenvalue weighted by molar-refractivity contribution is 0.339. The van der Waals surface area contributed by atoms with Crippen molar-refractivity contribution in [1.82, 2.24) is 5.32 Å². The summed E-state index contributed by atoms with van der Waals surface area (Å²) in [6.45, 7) is 3.74. The first-order valence-corrected chi connectivity index (χ1v) is 6.53. The fourth-order valence-corrected chi connectivity index (χ4v) is 1.66. The van der Waals surface area contributed by atoms with Gasteiger partial charge in [0.25, 0.3) is 0 Å². The van der Waals surface area contributed by atoms with Crippen LogP contribution in [0.5, 0.6) is 5.75 Å². The van der Waals surface area contributed by atoms with Gasteiger partial charge in [-0.05, 0) is 26.3 Å². The molecule has 1 aromatic rings. The minimum Gasteiger partial charge on any atom is -0.492 e. The summed E-state index contributed by atoms with van der Waals surface area (Å²) in [7, 11) is 1.95. The topological polar surface area (TPSA) is 21.3 Å². The van der Waals surface area contributed by atoms with Crippen LogP contribution in [0.25, 0.3) is 0 Å². The molecule has 0 aromatic heterocycles. The van der Waals surface area contributed by atoms with E-state index in [0.29, 0.717) is 0 Å². The number of nitrogens with one attached hydrogen (secondary N) is 1. The van der Waals surface area contributed by atoms with Crippen LogP contribution in [0.4, 0.5) is 0 Å². The molecule has 3 heteroatoms. The van der Waals surface area contributed by atoms with E-state index in [1.54, 1.807) is 11.8 Å². The van der Waals surface area contributed by atoms with Crippen LogP contribution in [0.1, 0.15) is 11.1 Å². The average molecular weight is 225 g/mol. The van der Waals surface area contributed by atoms with E-state index >= 15 is 0 Å². The SMILES string of the molecule is CNCc1cc(C)ccc1OCCSC. The summed E-state index contributed by atoms with van der Waals surface area (Å²) in [6.07, 6.45) is 2.09. The molecule has 0 amide bonds. The maximum atomic E-state index is 5.72. The van der Waals surface area contributed by atoms with Gasteiger partial charge in [-0.1, -0.05) is 17.7 Å². The van der Waals surface area contributed by atoms with E-state index in [0.717, 1.165) is 24.7 Å². The van der Waals surface area contributed by atoms with Gasteiger partial charge >= 0.3 is 0 Å². The van der Waals surface area contributed by atoms with Gasteiger partial charge in [0.2, 0.25) is 0 Å². The van der Waals surface area contributed by atoms with E-state index in [9.17, 15) is 0 Å². The summed E-state index contributed by atoms with van der Waals surface area (Å²) in [5, 5.41) is 3.16. The summed E-state index contributed by atoms with van der Waals surface area (Å²) in [4.78, 5) is 0. The molecule has 1 aromatic carbocycles. The second-order valence-electron chi connectivity index (χ2n) is 3.48. The van der Waals surface area contributed by atoms with Crippen molar-refractivity contribution < 1.29 is 4.74 Å². The molecule has 2 nitrogen and oxygen atoms in total. The molecule has 0 heterocycles. The van der Waals surface area contributed by atoms with E-state index in [2.05, 4.69) is 36.7 Å². The quantitative estimate of drug-likeness (QED) is 0.751. The van der Waals surface area contributed by atoms with Crippen LogP contribution in [0.15, 0.2) is 18.2 Å². The first kappa shape index (κ1) is 12.4. The fourth-order valence-electron chi connectivity index (χ4n) is 1.41. The van der Waals surface area contributed by atoms with Crippen molar-refractivity contribution >= 4 is 11.8 Å². The second kappa shape index (κ2) is 6.75. The Hall–Kier alpha value is -0.670. The van der Waals surface area contributed by atoms with Gasteiger partial charge in [0.1, 0.15) is 5.75 Å². The zero-order chi connectivity index (χ0) is 11.1. The number of thioether (sulfide) groups is 1. The minimum absolute atomic E-state index is 0.779. The summed E-state index contributed by atoms with van der Waals surface area (Å²) >= 11 is 1.80. The summed E-state index contributed by atoms with van der Waals surface area (Å²) in [6, 6.07) is 6.32. The van der Waals surface area contributed by atoms with Crippen LogP contribution in [0.3, 0.4) is 0 Å². The molecular weight excluding hydrogens is 206 g/mol. The summed E-state index contributed by atoms with van der Waals surface area (Å²) in [5.74, 6) is 2.04. The Morgan fingerprint density at radius 1 is 1.40 bits per heavy atom. The van der Waals surface area contributed by atoms with Crippen molar-refractivity contribution in [3.63, 3.8) is 0 Å². The zero-order valence-electron chi connectivity index (χ0n) is 9.67. The van der Waals surface area contributed by atoms with Crippen molar-refractivity contribution in [2.24, 2.45) is 0 Å². The summed E-state index contributed by atoms with van der Waals surface area (Å²) < 4.78 is 5.72. The number of ether oxygens (including phenoxy) is 1. The van der Waals surface area contributed by atoms with Crippen LogP contribution in [0.2, 0.25) is 0 Å². The third-order valence-corrected chi connectivity index (χ3v) is 2.70. The molecule has 0 radical (unpaired) electrons. The summed E-state index contributed by atoms with van der Waals surface area (Å²) in [5.41, 5.74) is 2.51. The van der Waals surface area contributed by atoms with E-state index in [1.165, 1.54) is 11.1 Å². The van der Waals surface area contributed by atoms with Gasteiger partial charge in [0.15, 0.2) is 0 Å². The standard InChI is InChI=1S/C12H19NOS/c1-10-4-5-12(14-6-7-15-3)11(8-10)9-13-2/h4-5,8,13H,6-7,9H2,1-3H3. The number of rotatable bonds is 6. The molecule has 0 saturated heterocycles. The average Bonchev–Trinajstić information content (AvgIpc) is 2.22. The third kappa shape index (κ3) is 4.14. The van der Waals surface area contributed by atoms with Crippen molar-refractivity contribution in [1.29, 1.82) is 0 Å². The Morgan fingerprint density at radius 3 is 2.87 bits per heavy atom. The molecule has 0 unspecified atom stereocenters. The van der Waals surface area contributed by atoms with Gasteiger partial charge in [-0.15, -0.1) is 0 Å². The predicted octanol–water partition coefficient (Wildman–Crippen LogP) is 2.46. The van der Waals surface area contributed by atoms with Crippen LogP contribution < -0.4 is 10.1 Å². The molecule has 1 N–H and O–H groups in total. The van der Waals surface area contributed by atoms with E-state index in [4.69, 9.17) is 4.74 Å². The molecule has 0 fully saturated rings. The molecule has 15 heavy (non-hydrogen) atoms. The Kier molecular flexibility index (Phi) is 5.58. The van der Waals surface area contributed by atoms with Gasteiger partial charge in [-0.3, -0.25) is 0 Å². The zero-order valence-corrected chi connectivity index (χ0v) is 10.5. The Morgan fingerprint density at radius 2 is 2.20 bits per heavy atom. The number of aryl methyl sites for hydroxylation is 1. The number of hydrogen-bond donors (Lipinski definition) is 1. The lowest BCUT2D eigenvalue weighted by Gasteiger charge is -2.11. The molecule has 0 bridgehead atoms. The third-order valence-electron chi connectivity index (χ3n) is 2.13. The Labute approximate surface area is 96.4 Å². The fraction of sp³-hybridized carbons (Fsp3) is 0.500. The first-order valence-electron chi connectivity index (χ1n) is 5.13. The molecule has 84 valence electrons. The monoisotopic (exact) mass is 225 g/mol. The van der Waals surface area contributed by atoms with Crippen molar-refractivity contribution in [2.75, 3.05) is 25.7 Å². The van der Waals surface area contributed by atoms with Crippen LogP contribution >= 0.6 is 11.8 Å². The predicted molar refractivity (Wildman–Crippen MR) is 67.8 cm³/mol. The van der Waals surface area contributed by atoms with E-state index in [1.807, 2.05) is 7.05 Å².